The van der Waals surface area contributed by atoms with Gasteiger partial charge in [-0.05, 0) is 55.7 Å². The van der Waals surface area contributed by atoms with Gasteiger partial charge in [0.15, 0.2) is 0 Å². The van der Waals surface area contributed by atoms with Crippen molar-refractivity contribution in [2.45, 2.75) is 39.0 Å². The molecule has 1 aromatic heterocycles. The van der Waals surface area contributed by atoms with Crippen LogP contribution in [0.3, 0.4) is 0 Å². The second kappa shape index (κ2) is 12.3. The summed E-state index contributed by atoms with van der Waals surface area (Å²) < 4.78 is 6.66. The molecule has 0 bridgehead atoms. The molecule has 4 rings (SSSR count). The number of ether oxygens (including phenoxy) is 1. The Labute approximate surface area is 219 Å². The zero-order valence-electron chi connectivity index (χ0n) is 19.8. The third-order valence-electron chi connectivity index (χ3n) is 5.85. The number of benzene rings is 2. The largest absolute Gasteiger partial charge is 0.376 e. The smallest absolute Gasteiger partial charge is 0.322 e. The summed E-state index contributed by atoms with van der Waals surface area (Å²) in [6.07, 6.45) is 1.80. The van der Waals surface area contributed by atoms with Crippen molar-refractivity contribution in [2.75, 3.05) is 25.0 Å². The van der Waals surface area contributed by atoms with Crippen molar-refractivity contribution < 1.29 is 14.3 Å². The average molecular weight is 557 g/mol. The molecular formula is C27H30BrN3O3S. The molecule has 3 amide bonds. The van der Waals surface area contributed by atoms with Gasteiger partial charge in [-0.2, -0.15) is 0 Å². The number of nitrogens with one attached hydrogen (secondary N) is 1. The summed E-state index contributed by atoms with van der Waals surface area (Å²) in [5, 5.41) is 2.94. The van der Waals surface area contributed by atoms with E-state index in [2.05, 4.69) is 40.3 Å². The number of halogens is 1. The van der Waals surface area contributed by atoms with E-state index in [4.69, 9.17) is 4.74 Å². The molecule has 2 aromatic carbocycles. The van der Waals surface area contributed by atoms with Crippen LogP contribution in [0.1, 0.15) is 28.2 Å². The van der Waals surface area contributed by atoms with Gasteiger partial charge in [0, 0.05) is 39.6 Å². The Morgan fingerprint density at radius 2 is 1.89 bits per heavy atom. The zero-order valence-corrected chi connectivity index (χ0v) is 22.2. The van der Waals surface area contributed by atoms with E-state index in [0.717, 1.165) is 27.8 Å². The lowest BCUT2D eigenvalue weighted by atomic mass is 10.2. The fraction of sp³-hybridized carbons (Fsp3) is 0.333. The van der Waals surface area contributed by atoms with Gasteiger partial charge < -0.3 is 19.9 Å². The van der Waals surface area contributed by atoms with Crippen molar-refractivity contribution in [1.29, 1.82) is 0 Å². The first kappa shape index (κ1) is 25.4. The first-order valence-corrected chi connectivity index (χ1v) is 13.4. The standard InChI is InChI=1S/C27H30BrN3O3S/c1-20-12-13-25(35-20)18-30(16-21-7-3-2-4-8-21)26(32)19-31(17-24-11-6-14-34-24)27(33)29-23-10-5-9-22(28)15-23/h2-5,7-10,12-13,15,24H,6,11,14,16-19H2,1H3,(H,29,33). The summed E-state index contributed by atoms with van der Waals surface area (Å²) in [5.74, 6) is -0.0951. The van der Waals surface area contributed by atoms with Crippen molar-refractivity contribution in [3.05, 3.63) is 86.5 Å². The zero-order chi connectivity index (χ0) is 24.6. The van der Waals surface area contributed by atoms with E-state index in [1.807, 2.05) is 59.5 Å². The minimum Gasteiger partial charge on any atom is -0.376 e. The number of rotatable bonds is 9. The molecule has 0 aliphatic carbocycles. The van der Waals surface area contributed by atoms with Gasteiger partial charge in [0.1, 0.15) is 6.54 Å². The molecule has 1 N–H and O–H groups in total. The summed E-state index contributed by atoms with van der Waals surface area (Å²) in [4.78, 5) is 32.6. The van der Waals surface area contributed by atoms with Crippen LogP contribution in [0.15, 0.2) is 71.2 Å². The van der Waals surface area contributed by atoms with Gasteiger partial charge >= 0.3 is 6.03 Å². The number of amides is 3. The second-order valence-electron chi connectivity index (χ2n) is 8.70. The van der Waals surface area contributed by atoms with Gasteiger partial charge in [0.2, 0.25) is 5.91 Å². The molecule has 35 heavy (non-hydrogen) atoms. The lowest BCUT2D eigenvalue weighted by molar-refractivity contribution is -0.133. The van der Waals surface area contributed by atoms with E-state index >= 15 is 0 Å². The number of aryl methyl sites for hydroxylation is 1. The van der Waals surface area contributed by atoms with Crippen LogP contribution in [0.2, 0.25) is 0 Å². The van der Waals surface area contributed by atoms with E-state index in [1.54, 1.807) is 16.2 Å². The summed E-state index contributed by atoms with van der Waals surface area (Å²) >= 11 is 5.13. The van der Waals surface area contributed by atoms with Gasteiger partial charge in [-0.1, -0.05) is 52.3 Å². The van der Waals surface area contributed by atoms with Crippen LogP contribution in [-0.2, 0) is 22.6 Å². The Hall–Kier alpha value is -2.68. The molecule has 1 unspecified atom stereocenters. The Bertz CT molecular complexity index is 1130. The van der Waals surface area contributed by atoms with E-state index in [0.29, 0.717) is 31.9 Å². The Balaban J connectivity index is 1.51. The minimum atomic E-state index is -0.307. The van der Waals surface area contributed by atoms with Crippen molar-refractivity contribution in [1.82, 2.24) is 9.80 Å². The Morgan fingerprint density at radius 1 is 1.06 bits per heavy atom. The molecule has 8 heteroatoms. The molecule has 1 aliphatic heterocycles. The Kier molecular flexibility index (Phi) is 8.95. The van der Waals surface area contributed by atoms with Crippen LogP contribution in [0, 0.1) is 6.92 Å². The summed E-state index contributed by atoms with van der Waals surface area (Å²) in [5.41, 5.74) is 1.72. The summed E-state index contributed by atoms with van der Waals surface area (Å²) in [6.45, 7) is 4.11. The van der Waals surface area contributed by atoms with Crippen molar-refractivity contribution in [2.24, 2.45) is 0 Å². The molecular weight excluding hydrogens is 526 g/mol. The number of carbonyl (C=O) groups is 2. The maximum atomic E-state index is 13.6. The van der Waals surface area contributed by atoms with E-state index in [1.165, 1.54) is 4.88 Å². The summed E-state index contributed by atoms with van der Waals surface area (Å²) in [7, 11) is 0. The van der Waals surface area contributed by atoms with Gasteiger partial charge in [-0.25, -0.2) is 4.79 Å². The molecule has 3 aromatic rings. The fourth-order valence-corrected chi connectivity index (χ4v) is 5.39. The van der Waals surface area contributed by atoms with Crippen LogP contribution >= 0.6 is 27.3 Å². The number of anilines is 1. The number of hydrogen-bond donors (Lipinski definition) is 1. The molecule has 184 valence electrons. The average Bonchev–Trinajstić information content (AvgIpc) is 3.50. The lowest BCUT2D eigenvalue weighted by Crippen LogP contribution is -2.46. The highest BCUT2D eigenvalue weighted by atomic mass is 79.9. The summed E-state index contributed by atoms with van der Waals surface area (Å²) in [6, 6.07) is 21.2. The van der Waals surface area contributed by atoms with Gasteiger partial charge in [-0.15, -0.1) is 11.3 Å². The predicted octanol–water partition coefficient (Wildman–Crippen LogP) is 6.06. The van der Waals surface area contributed by atoms with Crippen LogP contribution in [0.5, 0.6) is 0 Å². The van der Waals surface area contributed by atoms with Crippen LogP contribution in [-0.4, -0.2) is 47.5 Å². The molecule has 1 atom stereocenters. The highest BCUT2D eigenvalue weighted by Gasteiger charge is 2.27. The van der Waals surface area contributed by atoms with Gasteiger partial charge in [0.25, 0.3) is 0 Å². The molecule has 1 saturated heterocycles. The third-order valence-corrected chi connectivity index (χ3v) is 7.33. The molecule has 0 radical (unpaired) electrons. The van der Waals surface area contributed by atoms with Crippen LogP contribution < -0.4 is 5.32 Å². The second-order valence-corrected chi connectivity index (χ2v) is 11.0. The number of hydrogen-bond acceptors (Lipinski definition) is 4. The number of thiophene rings is 1. The number of urea groups is 1. The van der Waals surface area contributed by atoms with E-state index in [9.17, 15) is 9.59 Å². The molecule has 1 aliphatic rings. The van der Waals surface area contributed by atoms with Crippen molar-refractivity contribution in [3.8, 4) is 0 Å². The molecule has 0 saturated carbocycles. The molecule has 0 spiro atoms. The monoisotopic (exact) mass is 555 g/mol. The maximum Gasteiger partial charge on any atom is 0.322 e. The molecule has 1 fully saturated rings. The first-order valence-electron chi connectivity index (χ1n) is 11.8. The molecule has 6 nitrogen and oxygen atoms in total. The number of nitrogens with zero attached hydrogens (tertiary/aromatic N) is 2. The SMILES string of the molecule is Cc1ccc(CN(Cc2ccccc2)C(=O)CN(CC2CCCO2)C(=O)Nc2cccc(Br)c2)s1. The fourth-order valence-electron chi connectivity index (χ4n) is 4.08. The lowest BCUT2D eigenvalue weighted by Gasteiger charge is -2.29. The third kappa shape index (κ3) is 7.65. The van der Waals surface area contributed by atoms with Crippen LogP contribution in [0.25, 0.3) is 0 Å². The van der Waals surface area contributed by atoms with Gasteiger partial charge in [-0.3, -0.25) is 4.79 Å². The Morgan fingerprint density at radius 3 is 2.57 bits per heavy atom. The topological polar surface area (TPSA) is 61.9 Å². The van der Waals surface area contributed by atoms with Crippen LogP contribution in [0.4, 0.5) is 10.5 Å². The first-order chi connectivity index (χ1) is 17.0. The highest BCUT2D eigenvalue weighted by Crippen LogP contribution is 2.21. The van der Waals surface area contributed by atoms with E-state index in [-0.39, 0.29) is 24.6 Å². The maximum absolute atomic E-state index is 13.6. The van der Waals surface area contributed by atoms with Gasteiger partial charge in [0.05, 0.1) is 12.6 Å². The minimum absolute atomic E-state index is 0.0170. The van der Waals surface area contributed by atoms with Crippen molar-refractivity contribution >= 4 is 44.9 Å². The normalized spacial score (nSPS) is 15.1. The molecule has 2 heterocycles. The van der Waals surface area contributed by atoms with Crippen molar-refractivity contribution in [3.63, 3.8) is 0 Å². The quantitative estimate of drug-likeness (QED) is 0.349. The highest BCUT2D eigenvalue weighted by molar-refractivity contribution is 9.10. The number of carbonyl (C=O) groups excluding carboxylic acids is 2. The van der Waals surface area contributed by atoms with E-state index < -0.39 is 0 Å². The predicted molar refractivity (Wildman–Crippen MR) is 143 cm³/mol.